The van der Waals surface area contributed by atoms with E-state index in [0.717, 1.165) is 52.0 Å². The van der Waals surface area contributed by atoms with Crippen LogP contribution in [0.25, 0.3) is 22.2 Å². The van der Waals surface area contributed by atoms with Crippen molar-refractivity contribution in [3.05, 3.63) is 83.2 Å². The molecule has 9 heteroatoms. The Hall–Kier alpha value is -4.68. The maximum absolute atomic E-state index is 12.3. The van der Waals surface area contributed by atoms with Gasteiger partial charge in [0.1, 0.15) is 5.82 Å². The summed E-state index contributed by atoms with van der Waals surface area (Å²) in [5.74, 6) is 0.992. The number of aliphatic imine (C=N–C) groups is 1. The lowest BCUT2D eigenvalue weighted by atomic mass is 9.98. The number of nitriles is 1. The van der Waals surface area contributed by atoms with E-state index in [1.165, 1.54) is 7.11 Å². The van der Waals surface area contributed by atoms with Gasteiger partial charge >= 0.3 is 5.97 Å². The Morgan fingerprint density at radius 1 is 1.20 bits per heavy atom. The van der Waals surface area contributed by atoms with Gasteiger partial charge in [-0.25, -0.2) is 14.8 Å². The number of fused-ring (bicyclic) bond motifs is 1. The Labute approximate surface area is 234 Å². The minimum absolute atomic E-state index is 0.0547. The van der Waals surface area contributed by atoms with Gasteiger partial charge in [0, 0.05) is 26.6 Å². The van der Waals surface area contributed by atoms with Crippen LogP contribution in [-0.4, -0.2) is 58.8 Å². The highest BCUT2D eigenvalue weighted by Crippen LogP contribution is 2.29. The van der Waals surface area contributed by atoms with Gasteiger partial charge in [-0.05, 0) is 53.8 Å². The van der Waals surface area contributed by atoms with E-state index >= 15 is 0 Å². The molecule has 1 aromatic heterocycles. The molecule has 3 aromatic carbocycles. The fraction of sp³-hybridized carbons (Fsp3) is 0.290. The van der Waals surface area contributed by atoms with Crippen molar-refractivity contribution in [3.63, 3.8) is 0 Å². The zero-order valence-corrected chi connectivity index (χ0v) is 23.3. The second-order valence-corrected chi connectivity index (χ2v) is 9.55. The lowest BCUT2D eigenvalue weighted by Crippen LogP contribution is -2.37. The minimum atomic E-state index is -0.363. The zero-order chi connectivity index (χ0) is 28.6. The molecule has 40 heavy (non-hydrogen) atoms. The number of aliphatic hydroxyl groups excluding tert-OH is 1. The van der Waals surface area contributed by atoms with Crippen LogP contribution >= 0.6 is 0 Å². The molecule has 0 aliphatic rings. The number of imidazole rings is 1. The monoisotopic (exact) mass is 538 g/mol. The van der Waals surface area contributed by atoms with Gasteiger partial charge in [-0.2, -0.15) is 5.26 Å². The molecule has 0 radical (unpaired) electrons. The number of esters is 1. The Bertz CT molecular complexity index is 1570. The number of likely N-dealkylation sites (N-methyl/N-ethyl adjacent to an activating group) is 1. The number of ether oxygens (including phenoxy) is 1. The molecule has 0 bridgehead atoms. The Balaban J connectivity index is 1.73. The molecule has 0 unspecified atom stereocenters. The normalized spacial score (nSPS) is 11.3. The third kappa shape index (κ3) is 6.14. The van der Waals surface area contributed by atoms with Crippen molar-refractivity contribution in [1.82, 2.24) is 19.8 Å². The molecule has 2 N–H and O–H groups in total. The number of guanidine groups is 1. The van der Waals surface area contributed by atoms with Crippen LogP contribution in [0.15, 0.2) is 65.7 Å². The summed E-state index contributed by atoms with van der Waals surface area (Å²) in [6.45, 7) is 5.05. The maximum atomic E-state index is 12.3. The highest BCUT2D eigenvalue weighted by Gasteiger charge is 2.16. The van der Waals surface area contributed by atoms with Crippen LogP contribution < -0.4 is 5.32 Å². The number of aliphatic hydroxyl groups is 1. The molecule has 0 aliphatic heterocycles. The van der Waals surface area contributed by atoms with Crippen molar-refractivity contribution < 1.29 is 14.6 Å². The minimum Gasteiger partial charge on any atom is -0.465 e. The van der Waals surface area contributed by atoms with Gasteiger partial charge in [0.25, 0.3) is 0 Å². The molecule has 4 rings (SSSR count). The van der Waals surface area contributed by atoms with Crippen molar-refractivity contribution in [2.24, 2.45) is 4.99 Å². The van der Waals surface area contributed by atoms with E-state index in [1.54, 1.807) is 18.0 Å². The van der Waals surface area contributed by atoms with Gasteiger partial charge in [0.05, 0.1) is 36.0 Å². The standard InChI is InChI=1S/C31H34N6O3/c1-5-8-28-35-29-21(2)17-24(34-31(33-20-32)36(3)15-16-38)18-27(29)37(28)19-22-11-13-23(14-12-22)25-9-6-7-10-26(25)30(39)40-4/h6-7,9-14,17-18,38H,5,8,15-16,19H2,1-4H3,(H,33,34). The van der Waals surface area contributed by atoms with Crippen LogP contribution in [0.3, 0.4) is 0 Å². The molecule has 1 heterocycles. The van der Waals surface area contributed by atoms with Crippen LogP contribution in [0.2, 0.25) is 0 Å². The summed E-state index contributed by atoms with van der Waals surface area (Å²) >= 11 is 0. The number of methoxy groups -OCH3 is 1. The summed E-state index contributed by atoms with van der Waals surface area (Å²) < 4.78 is 7.18. The van der Waals surface area contributed by atoms with Crippen molar-refractivity contribution >= 4 is 28.6 Å². The summed E-state index contributed by atoms with van der Waals surface area (Å²) in [5.41, 5.74) is 6.94. The summed E-state index contributed by atoms with van der Waals surface area (Å²) in [5, 5.41) is 21.2. The van der Waals surface area contributed by atoms with Crippen LogP contribution in [0, 0.1) is 18.4 Å². The molecule has 0 atom stereocenters. The summed E-state index contributed by atoms with van der Waals surface area (Å²) in [4.78, 5) is 23.6. The Kier molecular flexibility index (Phi) is 9.15. The third-order valence-corrected chi connectivity index (χ3v) is 6.72. The molecule has 0 saturated carbocycles. The molecule has 0 amide bonds. The molecular formula is C31H34N6O3. The second-order valence-electron chi connectivity index (χ2n) is 9.55. The van der Waals surface area contributed by atoms with Crippen molar-refractivity contribution in [1.29, 1.82) is 5.26 Å². The van der Waals surface area contributed by atoms with Crippen LogP contribution in [0.4, 0.5) is 5.69 Å². The number of carbonyl (C=O) groups is 1. The van der Waals surface area contributed by atoms with Gasteiger partial charge in [0.2, 0.25) is 5.96 Å². The fourth-order valence-electron chi connectivity index (χ4n) is 4.71. The largest absolute Gasteiger partial charge is 0.465 e. The molecule has 0 saturated heterocycles. The number of aryl methyl sites for hydroxylation is 2. The molecule has 0 aliphatic carbocycles. The predicted octanol–water partition coefficient (Wildman–Crippen LogP) is 4.78. The maximum Gasteiger partial charge on any atom is 0.338 e. The smallest absolute Gasteiger partial charge is 0.338 e. The second kappa shape index (κ2) is 12.9. The van der Waals surface area contributed by atoms with E-state index in [4.69, 9.17) is 9.72 Å². The van der Waals surface area contributed by atoms with Crippen LogP contribution in [0.1, 0.15) is 40.7 Å². The van der Waals surface area contributed by atoms with E-state index in [-0.39, 0.29) is 12.6 Å². The topological polar surface area (TPSA) is 116 Å². The average molecular weight is 539 g/mol. The Morgan fingerprint density at radius 2 is 1.95 bits per heavy atom. The number of hydrogen-bond donors (Lipinski definition) is 2. The van der Waals surface area contributed by atoms with Crippen LogP contribution in [0.5, 0.6) is 0 Å². The number of rotatable bonds is 9. The first-order chi connectivity index (χ1) is 19.4. The fourth-order valence-corrected chi connectivity index (χ4v) is 4.71. The van der Waals surface area contributed by atoms with Gasteiger partial charge in [-0.3, -0.25) is 5.32 Å². The first-order valence-corrected chi connectivity index (χ1v) is 13.2. The highest BCUT2D eigenvalue weighted by molar-refractivity contribution is 5.97. The average Bonchev–Trinajstić information content (AvgIpc) is 3.30. The molecular weight excluding hydrogens is 504 g/mol. The first-order valence-electron chi connectivity index (χ1n) is 13.2. The molecule has 0 fully saturated rings. The number of carbonyl (C=O) groups excluding carboxylic acids is 1. The van der Waals surface area contributed by atoms with Gasteiger partial charge in [0.15, 0.2) is 6.19 Å². The summed E-state index contributed by atoms with van der Waals surface area (Å²) in [6.07, 6.45) is 3.71. The van der Waals surface area contributed by atoms with Crippen molar-refractivity contribution in [2.45, 2.75) is 33.2 Å². The van der Waals surface area contributed by atoms with Gasteiger partial charge in [-0.15, -0.1) is 0 Å². The molecule has 206 valence electrons. The van der Waals surface area contributed by atoms with E-state index in [1.807, 2.05) is 55.6 Å². The van der Waals surface area contributed by atoms with Gasteiger partial charge in [-0.1, -0.05) is 49.4 Å². The number of benzene rings is 3. The number of aromatic nitrogens is 2. The Morgan fingerprint density at radius 3 is 2.62 bits per heavy atom. The number of nitrogens with one attached hydrogen (secondary N) is 1. The zero-order valence-electron chi connectivity index (χ0n) is 23.3. The summed E-state index contributed by atoms with van der Waals surface area (Å²) in [6, 6.07) is 19.5. The van der Waals surface area contributed by atoms with E-state index < -0.39 is 0 Å². The molecule has 4 aromatic rings. The SMILES string of the molecule is CCCc1nc2c(C)cc(N=C(NC#N)N(C)CCO)cc2n1Cc1ccc(-c2ccccc2C(=O)OC)cc1. The number of hydrogen-bond acceptors (Lipinski definition) is 6. The molecule has 0 spiro atoms. The van der Waals surface area contributed by atoms with Crippen molar-refractivity contribution in [2.75, 3.05) is 27.3 Å². The lowest BCUT2D eigenvalue weighted by molar-refractivity contribution is 0.0601. The quantitative estimate of drug-likeness (QED) is 0.104. The van der Waals surface area contributed by atoms with Crippen molar-refractivity contribution in [3.8, 4) is 17.3 Å². The number of nitrogens with zero attached hydrogens (tertiary/aromatic N) is 5. The van der Waals surface area contributed by atoms with E-state index in [2.05, 4.69) is 33.9 Å². The summed E-state index contributed by atoms with van der Waals surface area (Å²) in [7, 11) is 3.15. The van der Waals surface area contributed by atoms with Gasteiger partial charge < -0.3 is 19.3 Å². The predicted molar refractivity (Wildman–Crippen MR) is 156 cm³/mol. The first kappa shape index (κ1) is 28.3. The third-order valence-electron chi connectivity index (χ3n) is 6.72. The highest BCUT2D eigenvalue weighted by atomic mass is 16.5. The molecule has 9 nitrogen and oxygen atoms in total. The van der Waals surface area contributed by atoms with E-state index in [9.17, 15) is 15.2 Å². The van der Waals surface area contributed by atoms with Crippen LogP contribution in [-0.2, 0) is 17.7 Å². The van der Waals surface area contributed by atoms with E-state index in [0.29, 0.717) is 30.3 Å². The lowest BCUT2D eigenvalue weighted by Gasteiger charge is -2.18.